The molecule has 0 bridgehead atoms. The van der Waals surface area contributed by atoms with E-state index in [1.54, 1.807) is 24.5 Å². The Bertz CT molecular complexity index is 1080. The molecule has 0 unspecified atom stereocenters. The minimum atomic E-state index is -0.187. The molecule has 8 nitrogen and oxygen atoms in total. The summed E-state index contributed by atoms with van der Waals surface area (Å²) in [5.74, 6) is 2.57. The summed E-state index contributed by atoms with van der Waals surface area (Å²) < 4.78 is 17.0. The highest BCUT2D eigenvalue weighted by atomic mass is 16.5. The molecule has 1 N–H and O–H groups in total. The normalized spacial score (nSPS) is 17.8. The number of morpholine rings is 1. The van der Waals surface area contributed by atoms with Gasteiger partial charge in [-0.15, -0.1) is 0 Å². The number of anilines is 1. The summed E-state index contributed by atoms with van der Waals surface area (Å²) in [5, 5.41) is 2.93. The molecule has 1 amide bonds. The van der Waals surface area contributed by atoms with Gasteiger partial charge in [0.2, 0.25) is 5.88 Å². The van der Waals surface area contributed by atoms with E-state index in [1.165, 1.54) is 0 Å². The highest BCUT2D eigenvalue weighted by molar-refractivity contribution is 5.94. The van der Waals surface area contributed by atoms with Gasteiger partial charge in [0.15, 0.2) is 0 Å². The van der Waals surface area contributed by atoms with Crippen molar-refractivity contribution in [2.45, 2.75) is 39.5 Å². The summed E-state index contributed by atoms with van der Waals surface area (Å²) in [4.78, 5) is 23.6. The van der Waals surface area contributed by atoms with Crippen LogP contribution in [0.5, 0.6) is 17.4 Å². The van der Waals surface area contributed by atoms with Crippen LogP contribution in [0.15, 0.2) is 60.9 Å². The van der Waals surface area contributed by atoms with Crippen LogP contribution in [0, 0.1) is 0 Å². The predicted molar refractivity (Wildman–Crippen MR) is 130 cm³/mol. The van der Waals surface area contributed by atoms with Crippen LogP contribution in [0.2, 0.25) is 0 Å². The maximum Gasteiger partial charge on any atom is 0.253 e. The van der Waals surface area contributed by atoms with Crippen LogP contribution in [0.3, 0.4) is 0 Å². The molecule has 3 aromatic rings. The number of rotatable bonds is 8. The molecule has 1 fully saturated rings. The van der Waals surface area contributed by atoms with Gasteiger partial charge in [-0.1, -0.05) is 0 Å². The summed E-state index contributed by atoms with van der Waals surface area (Å²) in [7, 11) is 0. The zero-order valence-corrected chi connectivity index (χ0v) is 19.7. The van der Waals surface area contributed by atoms with Crippen LogP contribution >= 0.6 is 0 Å². The molecule has 0 spiro atoms. The molecule has 0 saturated carbocycles. The maximum absolute atomic E-state index is 12.6. The Morgan fingerprint density at radius 2 is 1.79 bits per heavy atom. The highest BCUT2D eigenvalue weighted by Gasteiger charge is 2.23. The number of amides is 1. The highest BCUT2D eigenvalue weighted by Crippen LogP contribution is 2.23. The van der Waals surface area contributed by atoms with Gasteiger partial charge in [0, 0.05) is 38.1 Å². The SMILES string of the molecule is CCOc1ccc(Oc2cc(CNC(=O)c3ccc(N4C[C@H](C)O[C@@H](C)C4)nc3)ccn2)cc1. The monoisotopic (exact) mass is 462 g/mol. The Labute approximate surface area is 199 Å². The molecule has 1 saturated heterocycles. The molecule has 3 heterocycles. The number of nitrogens with one attached hydrogen (secondary N) is 1. The Morgan fingerprint density at radius 1 is 1.06 bits per heavy atom. The fourth-order valence-electron chi connectivity index (χ4n) is 3.86. The molecule has 4 rings (SSSR count). The van der Waals surface area contributed by atoms with E-state index in [4.69, 9.17) is 14.2 Å². The standard InChI is InChI=1S/C26H30N4O4/c1-4-32-22-6-8-23(9-7-22)34-25-13-20(11-12-27-25)14-29-26(31)21-5-10-24(28-15-21)30-16-18(2)33-19(3)17-30/h5-13,15,18-19H,4,14,16-17H2,1-3H3,(H,29,31)/t18-,19-/m0/s1. The summed E-state index contributed by atoms with van der Waals surface area (Å²) in [6, 6.07) is 14.7. The third kappa shape index (κ3) is 6.23. The number of hydrogen-bond donors (Lipinski definition) is 1. The molecule has 0 radical (unpaired) electrons. The average Bonchev–Trinajstić information content (AvgIpc) is 2.84. The number of nitrogens with zero attached hydrogens (tertiary/aromatic N) is 3. The summed E-state index contributed by atoms with van der Waals surface area (Å²) >= 11 is 0. The lowest BCUT2D eigenvalue weighted by atomic mass is 10.2. The summed E-state index contributed by atoms with van der Waals surface area (Å²) in [6.45, 7) is 8.58. The minimum Gasteiger partial charge on any atom is -0.494 e. The number of ether oxygens (including phenoxy) is 3. The van der Waals surface area contributed by atoms with E-state index in [1.807, 2.05) is 43.3 Å². The molecule has 2 aromatic heterocycles. The first-order valence-electron chi connectivity index (χ1n) is 11.5. The Kier molecular flexibility index (Phi) is 7.59. The van der Waals surface area contributed by atoms with Crippen LogP contribution in [0.1, 0.15) is 36.7 Å². The number of aromatic nitrogens is 2. The Morgan fingerprint density at radius 3 is 2.47 bits per heavy atom. The van der Waals surface area contributed by atoms with Gasteiger partial charge in [-0.3, -0.25) is 4.79 Å². The molecule has 1 aromatic carbocycles. The minimum absolute atomic E-state index is 0.150. The molecule has 1 aliphatic heterocycles. The lowest BCUT2D eigenvalue weighted by Gasteiger charge is -2.36. The second-order valence-corrected chi connectivity index (χ2v) is 8.26. The summed E-state index contributed by atoms with van der Waals surface area (Å²) in [6.07, 6.45) is 3.57. The number of pyridine rings is 2. The fourth-order valence-corrected chi connectivity index (χ4v) is 3.86. The molecule has 0 aliphatic carbocycles. The smallest absolute Gasteiger partial charge is 0.253 e. The van der Waals surface area contributed by atoms with Gasteiger partial charge in [-0.2, -0.15) is 0 Å². The van der Waals surface area contributed by atoms with E-state index < -0.39 is 0 Å². The van der Waals surface area contributed by atoms with Crippen molar-refractivity contribution in [2.75, 3.05) is 24.6 Å². The maximum atomic E-state index is 12.6. The van der Waals surface area contributed by atoms with Gasteiger partial charge < -0.3 is 24.4 Å². The van der Waals surface area contributed by atoms with Crippen molar-refractivity contribution in [3.8, 4) is 17.4 Å². The molecule has 2 atom stereocenters. The van der Waals surface area contributed by atoms with Gasteiger partial charge in [-0.05, 0) is 68.8 Å². The van der Waals surface area contributed by atoms with E-state index >= 15 is 0 Å². The average molecular weight is 463 g/mol. The van der Waals surface area contributed by atoms with Gasteiger partial charge in [0.05, 0.1) is 24.4 Å². The third-order valence-electron chi connectivity index (χ3n) is 5.36. The Balaban J connectivity index is 1.32. The number of carbonyl (C=O) groups is 1. The topological polar surface area (TPSA) is 85.8 Å². The number of benzene rings is 1. The quantitative estimate of drug-likeness (QED) is 0.537. The van der Waals surface area contributed by atoms with Crippen molar-refractivity contribution in [2.24, 2.45) is 0 Å². The van der Waals surface area contributed by atoms with Crippen molar-refractivity contribution in [3.05, 3.63) is 72.1 Å². The van der Waals surface area contributed by atoms with Crippen molar-refractivity contribution < 1.29 is 19.0 Å². The van der Waals surface area contributed by atoms with Crippen LogP contribution in [-0.4, -0.2) is 47.8 Å². The second-order valence-electron chi connectivity index (χ2n) is 8.26. The summed E-state index contributed by atoms with van der Waals surface area (Å²) in [5.41, 5.74) is 1.39. The second kappa shape index (κ2) is 11.0. The molecule has 8 heteroatoms. The van der Waals surface area contributed by atoms with Gasteiger partial charge in [0.25, 0.3) is 5.91 Å². The van der Waals surface area contributed by atoms with Crippen LogP contribution < -0.4 is 19.7 Å². The molecular formula is C26H30N4O4. The van der Waals surface area contributed by atoms with Crippen molar-refractivity contribution in [1.29, 1.82) is 0 Å². The van der Waals surface area contributed by atoms with Gasteiger partial charge in [-0.25, -0.2) is 9.97 Å². The van der Waals surface area contributed by atoms with E-state index in [0.29, 0.717) is 30.3 Å². The first-order valence-corrected chi connectivity index (χ1v) is 11.5. The zero-order valence-electron chi connectivity index (χ0n) is 19.7. The molecule has 178 valence electrons. The van der Waals surface area contributed by atoms with E-state index in [2.05, 4.69) is 34.0 Å². The van der Waals surface area contributed by atoms with E-state index in [-0.39, 0.29) is 18.1 Å². The van der Waals surface area contributed by atoms with Crippen LogP contribution in [-0.2, 0) is 11.3 Å². The zero-order chi connectivity index (χ0) is 23.9. The van der Waals surface area contributed by atoms with Crippen molar-refractivity contribution >= 4 is 11.7 Å². The largest absolute Gasteiger partial charge is 0.494 e. The van der Waals surface area contributed by atoms with E-state index in [9.17, 15) is 4.79 Å². The van der Waals surface area contributed by atoms with Gasteiger partial charge >= 0.3 is 0 Å². The first kappa shape index (κ1) is 23.5. The van der Waals surface area contributed by atoms with Gasteiger partial charge in [0.1, 0.15) is 17.3 Å². The molecule has 34 heavy (non-hydrogen) atoms. The van der Waals surface area contributed by atoms with Crippen molar-refractivity contribution in [3.63, 3.8) is 0 Å². The van der Waals surface area contributed by atoms with E-state index in [0.717, 1.165) is 30.2 Å². The van der Waals surface area contributed by atoms with Crippen molar-refractivity contribution in [1.82, 2.24) is 15.3 Å². The number of hydrogen-bond acceptors (Lipinski definition) is 7. The fraction of sp³-hybridized carbons (Fsp3) is 0.346. The van der Waals surface area contributed by atoms with Crippen LogP contribution in [0.25, 0.3) is 0 Å². The lowest BCUT2D eigenvalue weighted by molar-refractivity contribution is -0.00546. The van der Waals surface area contributed by atoms with Crippen LogP contribution in [0.4, 0.5) is 5.82 Å². The molecule has 1 aliphatic rings. The lowest BCUT2D eigenvalue weighted by Crippen LogP contribution is -2.45. The predicted octanol–water partition coefficient (Wildman–Crippen LogP) is 4.21. The molecular weight excluding hydrogens is 432 g/mol. The number of carbonyl (C=O) groups excluding carboxylic acids is 1. The first-order chi connectivity index (χ1) is 16.5. The third-order valence-corrected chi connectivity index (χ3v) is 5.36. The Hall–Kier alpha value is -3.65.